The fourth-order valence-corrected chi connectivity index (χ4v) is 2.88. The summed E-state index contributed by atoms with van der Waals surface area (Å²) in [4.78, 5) is 24.1. The van der Waals surface area contributed by atoms with Crippen molar-refractivity contribution in [3.63, 3.8) is 0 Å². The third-order valence-corrected chi connectivity index (χ3v) is 4.24. The van der Waals surface area contributed by atoms with E-state index in [0.717, 1.165) is 5.56 Å². The van der Waals surface area contributed by atoms with E-state index in [0.29, 0.717) is 10.6 Å². The van der Waals surface area contributed by atoms with E-state index in [1.807, 2.05) is 30.3 Å². The van der Waals surface area contributed by atoms with E-state index in [-0.39, 0.29) is 11.1 Å². The number of carbonyl (C=O) groups is 2. The van der Waals surface area contributed by atoms with Crippen molar-refractivity contribution in [1.29, 1.82) is 0 Å². The standard InChI is InChI=1S/C21H15ClO4/c22-18-13-7-6-12-17(18)19(14-8-2-1-3-9-14)26-21(25)16-11-5-4-10-15(16)20(23)24/h1-13,19H,(H,23,24)/t19-/m0/s1. The lowest BCUT2D eigenvalue weighted by molar-refractivity contribution is 0.0371. The van der Waals surface area contributed by atoms with Crippen LogP contribution in [-0.4, -0.2) is 17.0 Å². The molecule has 0 bridgehead atoms. The Morgan fingerprint density at radius 1 is 0.808 bits per heavy atom. The molecule has 0 amide bonds. The minimum Gasteiger partial charge on any atom is -0.478 e. The van der Waals surface area contributed by atoms with Crippen LogP contribution in [0.4, 0.5) is 0 Å². The SMILES string of the molecule is O=C(O)c1ccccc1C(=O)O[C@@H](c1ccccc1)c1ccccc1Cl. The van der Waals surface area contributed by atoms with Crippen molar-refractivity contribution < 1.29 is 19.4 Å². The molecule has 3 aromatic rings. The van der Waals surface area contributed by atoms with Gasteiger partial charge in [0, 0.05) is 10.6 Å². The van der Waals surface area contributed by atoms with E-state index in [4.69, 9.17) is 16.3 Å². The fourth-order valence-electron chi connectivity index (χ4n) is 2.64. The summed E-state index contributed by atoms with van der Waals surface area (Å²) in [6.07, 6.45) is -0.751. The first-order valence-electron chi connectivity index (χ1n) is 7.90. The molecule has 0 saturated carbocycles. The van der Waals surface area contributed by atoms with Crippen LogP contribution in [0.2, 0.25) is 5.02 Å². The predicted octanol–water partition coefficient (Wildman–Crippen LogP) is 4.98. The second kappa shape index (κ2) is 7.85. The number of carboxylic acids is 1. The number of esters is 1. The molecular formula is C21H15ClO4. The van der Waals surface area contributed by atoms with Gasteiger partial charge in [-0.15, -0.1) is 0 Å². The number of benzene rings is 3. The summed E-state index contributed by atoms with van der Waals surface area (Å²) in [6.45, 7) is 0. The largest absolute Gasteiger partial charge is 0.478 e. The minimum atomic E-state index is -1.19. The number of carboxylic acid groups (broad SMARTS) is 1. The second-order valence-corrected chi connectivity index (χ2v) is 5.98. The lowest BCUT2D eigenvalue weighted by atomic mass is 10.0. The number of rotatable bonds is 5. The number of halogens is 1. The maximum absolute atomic E-state index is 12.7. The third-order valence-electron chi connectivity index (χ3n) is 3.89. The maximum atomic E-state index is 12.7. The number of hydrogen-bond donors (Lipinski definition) is 1. The molecule has 3 rings (SSSR count). The van der Waals surface area contributed by atoms with Gasteiger partial charge >= 0.3 is 11.9 Å². The van der Waals surface area contributed by atoms with Crippen LogP contribution in [0.1, 0.15) is 37.9 Å². The molecule has 1 N–H and O–H groups in total. The fraction of sp³-hybridized carbons (Fsp3) is 0.0476. The monoisotopic (exact) mass is 366 g/mol. The minimum absolute atomic E-state index is 0.00650. The van der Waals surface area contributed by atoms with Crippen LogP contribution >= 0.6 is 11.6 Å². The van der Waals surface area contributed by atoms with Crippen LogP contribution in [0, 0.1) is 0 Å². The molecule has 0 aliphatic rings. The Morgan fingerprint density at radius 3 is 2.04 bits per heavy atom. The van der Waals surface area contributed by atoms with Gasteiger partial charge in [0.1, 0.15) is 0 Å². The molecule has 0 saturated heterocycles. The zero-order chi connectivity index (χ0) is 18.5. The normalized spacial score (nSPS) is 11.6. The van der Waals surface area contributed by atoms with Gasteiger partial charge in [0.25, 0.3) is 0 Å². The van der Waals surface area contributed by atoms with Gasteiger partial charge in [-0.05, 0) is 23.8 Å². The van der Waals surface area contributed by atoms with Crippen molar-refractivity contribution in [2.75, 3.05) is 0 Å². The summed E-state index contributed by atoms with van der Waals surface area (Å²) < 4.78 is 5.69. The van der Waals surface area contributed by atoms with Crippen LogP contribution in [0.3, 0.4) is 0 Å². The van der Waals surface area contributed by atoms with Crippen LogP contribution in [-0.2, 0) is 4.74 Å². The topological polar surface area (TPSA) is 63.6 Å². The molecule has 0 fully saturated rings. The van der Waals surface area contributed by atoms with Crippen molar-refractivity contribution in [2.45, 2.75) is 6.10 Å². The summed E-state index contributed by atoms with van der Waals surface area (Å²) >= 11 is 6.29. The van der Waals surface area contributed by atoms with Gasteiger partial charge in [0.15, 0.2) is 6.10 Å². The Hall–Kier alpha value is -3.11. The molecule has 0 spiro atoms. The van der Waals surface area contributed by atoms with E-state index in [9.17, 15) is 14.7 Å². The first-order chi connectivity index (χ1) is 12.6. The maximum Gasteiger partial charge on any atom is 0.339 e. The molecule has 0 heterocycles. The zero-order valence-electron chi connectivity index (χ0n) is 13.6. The molecule has 0 radical (unpaired) electrons. The highest BCUT2D eigenvalue weighted by atomic mass is 35.5. The predicted molar refractivity (Wildman–Crippen MR) is 98.6 cm³/mol. The lowest BCUT2D eigenvalue weighted by Crippen LogP contribution is -2.16. The summed E-state index contributed by atoms with van der Waals surface area (Å²) in [6, 6.07) is 22.2. The molecule has 0 aliphatic carbocycles. The quantitative estimate of drug-likeness (QED) is 0.646. The Labute approximate surface area is 155 Å². The molecular weight excluding hydrogens is 352 g/mol. The van der Waals surface area contributed by atoms with Crippen molar-refractivity contribution in [1.82, 2.24) is 0 Å². The Kier molecular flexibility index (Phi) is 5.34. The summed E-state index contributed by atoms with van der Waals surface area (Å²) in [5.74, 6) is -1.91. The molecule has 0 aromatic heterocycles. The molecule has 0 unspecified atom stereocenters. The van der Waals surface area contributed by atoms with Crippen molar-refractivity contribution in [2.24, 2.45) is 0 Å². The molecule has 4 nitrogen and oxygen atoms in total. The van der Waals surface area contributed by atoms with E-state index >= 15 is 0 Å². The van der Waals surface area contributed by atoms with Gasteiger partial charge in [-0.2, -0.15) is 0 Å². The van der Waals surface area contributed by atoms with Gasteiger partial charge in [0.2, 0.25) is 0 Å². The summed E-state index contributed by atoms with van der Waals surface area (Å²) in [7, 11) is 0. The van der Waals surface area contributed by atoms with Crippen molar-refractivity contribution >= 4 is 23.5 Å². The Morgan fingerprint density at radius 2 is 1.38 bits per heavy atom. The molecule has 26 heavy (non-hydrogen) atoms. The van der Waals surface area contributed by atoms with E-state index < -0.39 is 18.0 Å². The van der Waals surface area contributed by atoms with E-state index in [1.54, 1.807) is 36.4 Å². The van der Waals surface area contributed by atoms with Crippen LogP contribution in [0.5, 0.6) is 0 Å². The highest BCUT2D eigenvalue weighted by Gasteiger charge is 2.24. The lowest BCUT2D eigenvalue weighted by Gasteiger charge is -2.20. The number of ether oxygens (including phenoxy) is 1. The average Bonchev–Trinajstić information content (AvgIpc) is 2.67. The Balaban J connectivity index is 2.01. The highest BCUT2D eigenvalue weighted by Crippen LogP contribution is 2.32. The smallest absolute Gasteiger partial charge is 0.339 e. The summed E-state index contributed by atoms with van der Waals surface area (Å²) in [5.41, 5.74) is 1.25. The second-order valence-electron chi connectivity index (χ2n) is 5.57. The van der Waals surface area contributed by atoms with E-state index in [2.05, 4.69) is 0 Å². The third kappa shape index (κ3) is 3.76. The average molecular weight is 367 g/mol. The highest BCUT2D eigenvalue weighted by molar-refractivity contribution is 6.31. The molecule has 0 aliphatic heterocycles. The van der Waals surface area contributed by atoms with Gasteiger partial charge < -0.3 is 9.84 Å². The van der Waals surface area contributed by atoms with Gasteiger partial charge in [-0.3, -0.25) is 0 Å². The van der Waals surface area contributed by atoms with Crippen molar-refractivity contribution in [3.05, 3.63) is 106 Å². The molecule has 5 heteroatoms. The number of aromatic carboxylic acids is 1. The molecule has 3 aromatic carbocycles. The van der Waals surface area contributed by atoms with Crippen LogP contribution in [0.25, 0.3) is 0 Å². The summed E-state index contributed by atoms with van der Waals surface area (Å²) in [5, 5.41) is 9.76. The number of carbonyl (C=O) groups excluding carboxylic acids is 1. The van der Waals surface area contributed by atoms with Gasteiger partial charge in [-0.25, -0.2) is 9.59 Å². The zero-order valence-corrected chi connectivity index (χ0v) is 14.4. The van der Waals surface area contributed by atoms with Gasteiger partial charge in [0.05, 0.1) is 11.1 Å². The number of hydrogen-bond acceptors (Lipinski definition) is 3. The molecule has 130 valence electrons. The van der Waals surface area contributed by atoms with Gasteiger partial charge in [-0.1, -0.05) is 72.3 Å². The van der Waals surface area contributed by atoms with E-state index in [1.165, 1.54) is 12.1 Å². The van der Waals surface area contributed by atoms with Crippen LogP contribution in [0.15, 0.2) is 78.9 Å². The first-order valence-corrected chi connectivity index (χ1v) is 8.28. The van der Waals surface area contributed by atoms with Crippen LogP contribution < -0.4 is 0 Å². The first kappa shape index (κ1) is 17.7. The molecule has 1 atom stereocenters. The Bertz CT molecular complexity index is 938. The van der Waals surface area contributed by atoms with Crippen molar-refractivity contribution in [3.8, 4) is 0 Å².